The standard InChI is InChI=1S/C22H22ClNO7/c23-14-3-2-11(22-21(30)20(29)19(28)17(9-25)31-22)7-12(14)5-10-1-4-15-13(6-10)16(26)8-18(27)24-15/h1-4,6-7,17,19-22,25,28-30H,5,8-9H2,(H,24,27)/t17-,19-,20+,21-,22+/m1/s1. The van der Waals surface area contributed by atoms with Crippen molar-refractivity contribution in [2.45, 2.75) is 43.4 Å². The first kappa shape index (κ1) is 21.9. The summed E-state index contributed by atoms with van der Waals surface area (Å²) in [6, 6.07) is 10.2. The van der Waals surface area contributed by atoms with Crippen molar-refractivity contribution in [3.8, 4) is 0 Å². The van der Waals surface area contributed by atoms with Gasteiger partial charge in [-0.15, -0.1) is 0 Å². The molecule has 4 rings (SSSR count). The molecule has 0 aliphatic carbocycles. The summed E-state index contributed by atoms with van der Waals surface area (Å²) in [6.07, 6.45) is -6.09. The Kier molecular flexibility index (Phi) is 6.11. The van der Waals surface area contributed by atoms with E-state index in [1.807, 2.05) is 0 Å². The highest BCUT2D eigenvalue weighted by Crippen LogP contribution is 2.35. The van der Waals surface area contributed by atoms with Crippen LogP contribution in [0.25, 0.3) is 0 Å². The van der Waals surface area contributed by atoms with Gasteiger partial charge in [-0.3, -0.25) is 9.59 Å². The molecule has 1 saturated heterocycles. The third kappa shape index (κ3) is 4.23. The number of aliphatic hydroxyl groups is 4. The van der Waals surface area contributed by atoms with Crippen molar-refractivity contribution in [3.63, 3.8) is 0 Å². The zero-order valence-electron chi connectivity index (χ0n) is 16.4. The molecule has 2 aliphatic rings. The number of anilines is 1. The minimum Gasteiger partial charge on any atom is -0.394 e. The highest BCUT2D eigenvalue weighted by Gasteiger charge is 2.44. The molecule has 0 bridgehead atoms. The summed E-state index contributed by atoms with van der Waals surface area (Å²) in [7, 11) is 0. The Morgan fingerprint density at radius 1 is 1.03 bits per heavy atom. The maximum absolute atomic E-state index is 12.2. The van der Waals surface area contributed by atoms with Gasteiger partial charge in [0, 0.05) is 10.6 Å². The molecule has 2 aromatic rings. The van der Waals surface area contributed by atoms with E-state index >= 15 is 0 Å². The minimum atomic E-state index is -1.48. The molecule has 2 aromatic carbocycles. The fraction of sp³-hybridized carbons (Fsp3) is 0.364. The SMILES string of the molecule is O=C1CC(=O)c2cc(Cc3cc([C@@H]4O[C@H](CO)[C@@H](O)[C@H](O)[C@H]4O)ccc3Cl)ccc2N1. The second-order valence-electron chi connectivity index (χ2n) is 7.81. The maximum atomic E-state index is 12.2. The van der Waals surface area contributed by atoms with Gasteiger partial charge in [0.25, 0.3) is 0 Å². The molecule has 2 aliphatic heterocycles. The Morgan fingerprint density at radius 3 is 2.55 bits per heavy atom. The first-order valence-electron chi connectivity index (χ1n) is 9.83. The fourth-order valence-corrected chi connectivity index (χ4v) is 4.17. The number of aliphatic hydroxyl groups excluding tert-OH is 4. The van der Waals surface area contributed by atoms with Crippen LogP contribution in [0.4, 0.5) is 5.69 Å². The fourth-order valence-electron chi connectivity index (χ4n) is 3.98. The number of fused-ring (bicyclic) bond motifs is 1. The predicted molar refractivity (Wildman–Crippen MR) is 111 cm³/mol. The van der Waals surface area contributed by atoms with Gasteiger partial charge in [0.1, 0.15) is 30.5 Å². The van der Waals surface area contributed by atoms with E-state index in [1.54, 1.807) is 36.4 Å². The Morgan fingerprint density at radius 2 is 1.81 bits per heavy atom. The molecular formula is C22H22ClNO7. The highest BCUT2D eigenvalue weighted by atomic mass is 35.5. The van der Waals surface area contributed by atoms with Crippen LogP contribution in [0.2, 0.25) is 5.02 Å². The van der Waals surface area contributed by atoms with Crippen molar-refractivity contribution in [2.24, 2.45) is 0 Å². The lowest BCUT2D eigenvalue weighted by molar-refractivity contribution is -0.231. The zero-order valence-corrected chi connectivity index (χ0v) is 17.1. The number of ketones is 1. The third-order valence-corrected chi connectivity index (χ3v) is 6.03. The largest absolute Gasteiger partial charge is 0.394 e. The minimum absolute atomic E-state index is 0.191. The molecule has 0 aromatic heterocycles. The summed E-state index contributed by atoms with van der Waals surface area (Å²) in [6.45, 7) is -0.512. The van der Waals surface area contributed by atoms with Crippen LogP contribution in [0.5, 0.6) is 0 Å². The van der Waals surface area contributed by atoms with Gasteiger partial charge >= 0.3 is 0 Å². The molecule has 5 N–H and O–H groups in total. The molecule has 0 spiro atoms. The third-order valence-electron chi connectivity index (χ3n) is 5.66. The van der Waals surface area contributed by atoms with E-state index in [0.29, 0.717) is 33.8 Å². The van der Waals surface area contributed by atoms with Crippen LogP contribution in [0.1, 0.15) is 39.6 Å². The van der Waals surface area contributed by atoms with Gasteiger partial charge < -0.3 is 30.5 Å². The zero-order chi connectivity index (χ0) is 22.3. The summed E-state index contributed by atoms with van der Waals surface area (Å²) < 4.78 is 5.62. The number of nitrogens with one attached hydrogen (secondary N) is 1. The van der Waals surface area contributed by atoms with Crippen molar-refractivity contribution < 1.29 is 34.8 Å². The van der Waals surface area contributed by atoms with Crippen LogP contribution >= 0.6 is 11.6 Å². The normalized spacial score (nSPS) is 28.2. The van der Waals surface area contributed by atoms with Crippen LogP contribution < -0.4 is 5.32 Å². The highest BCUT2D eigenvalue weighted by molar-refractivity contribution is 6.31. The van der Waals surface area contributed by atoms with Crippen LogP contribution in [0.15, 0.2) is 36.4 Å². The van der Waals surface area contributed by atoms with Crippen molar-refractivity contribution in [3.05, 3.63) is 63.7 Å². The summed E-state index contributed by atoms with van der Waals surface area (Å²) in [5.74, 6) is -0.581. The number of halogens is 1. The van der Waals surface area contributed by atoms with E-state index in [1.165, 1.54) is 0 Å². The van der Waals surface area contributed by atoms with Crippen molar-refractivity contribution in [1.29, 1.82) is 0 Å². The predicted octanol–water partition coefficient (Wildman–Crippen LogP) is 0.971. The lowest BCUT2D eigenvalue weighted by Gasteiger charge is -2.40. The molecule has 1 fully saturated rings. The molecule has 0 saturated carbocycles. The topological polar surface area (TPSA) is 136 Å². The smallest absolute Gasteiger partial charge is 0.232 e. The van der Waals surface area contributed by atoms with E-state index in [4.69, 9.17) is 16.3 Å². The molecule has 9 heteroatoms. The Labute approximate surface area is 183 Å². The van der Waals surface area contributed by atoms with Gasteiger partial charge in [0.15, 0.2) is 5.78 Å². The van der Waals surface area contributed by atoms with Crippen LogP contribution in [0, 0.1) is 0 Å². The average Bonchev–Trinajstić information content (AvgIpc) is 2.74. The van der Waals surface area contributed by atoms with Crippen LogP contribution in [-0.2, 0) is 16.0 Å². The number of hydrogen-bond acceptors (Lipinski definition) is 7. The van der Waals surface area contributed by atoms with Crippen molar-refractivity contribution in [2.75, 3.05) is 11.9 Å². The first-order valence-corrected chi connectivity index (χ1v) is 10.2. The number of hydrogen-bond donors (Lipinski definition) is 5. The van der Waals surface area contributed by atoms with Gasteiger partial charge in [-0.1, -0.05) is 29.8 Å². The van der Waals surface area contributed by atoms with E-state index in [-0.39, 0.29) is 18.1 Å². The van der Waals surface area contributed by atoms with E-state index in [2.05, 4.69) is 5.32 Å². The summed E-state index contributed by atoms with van der Waals surface area (Å²) in [5.41, 5.74) is 2.95. The molecule has 2 heterocycles. The molecule has 5 atom stereocenters. The summed E-state index contributed by atoms with van der Waals surface area (Å²) >= 11 is 6.36. The number of carbonyl (C=O) groups excluding carboxylic acids is 2. The number of rotatable bonds is 4. The van der Waals surface area contributed by atoms with Gasteiger partial charge in [0.2, 0.25) is 5.91 Å². The van der Waals surface area contributed by atoms with E-state index in [9.17, 15) is 30.0 Å². The molecule has 0 unspecified atom stereocenters. The van der Waals surface area contributed by atoms with E-state index < -0.39 is 37.1 Å². The Bertz CT molecular complexity index is 1020. The molecule has 164 valence electrons. The summed E-state index contributed by atoms with van der Waals surface area (Å²) in [4.78, 5) is 23.7. The van der Waals surface area contributed by atoms with Crippen LogP contribution in [0.3, 0.4) is 0 Å². The number of benzene rings is 2. The lowest BCUT2D eigenvalue weighted by Crippen LogP contribution is -2.55. The molecule has 1 amide bonds. The average molecular weight is 448 g/mol. The second-order valence-corrected chi connectivity index (χ2v) is 8.21. The molecule has 0 radical (unpaired) electrons. The first-order chi connectivity index (χ1) is 14.8. The number of amides is 1. The molecule has 31 heavy (non-hydrogen) atoms. The number of ether oxygens (including phenoxy) is 1. The maximum Gasteiger partial charge on any atom is 0.232 e. The molecule has 8 nitrogen and oxygen atoms in total. The monoisotopic (exact) mass is 447 g/mol. The van der Waals surface area contributed by atoms with E-state index in [0.717, 1.165) is 5.56 Å². The summed E-state index contributed by atoms with van der Waals surface area (Å²) in [5, 5.41) is 43.0. The van der Waals surface area contributed by atoms with Gasteiger partial charge in [-0.05, 0) is 41.3 Å². The lowest BCUT2D eigenvalue weighted by atomic mass is 9.90. The van der Waals surface area contributed by atoms with Crippen LogP contribution in [-0.4, -0.2) is 63.1 Å². The van der Waals surface area contributed by atoms with Crippen molar-refractivity contribution >= 4 is 29.0 Å². The van der Waals surface area contributed by atoms with Gasteiger partial charge in [0.05, 0.1) is 18.7 Å². The van der Waals surface area contributed by atoms with Crippen molar-refractivity contribution in [1.82, 2.24) is 0 Å². The second kappa shape index (κ2) is 8.66. The number of carbonyl (C=O) groups is 2. The van der Waals surface area contributed by atoms with Gasteiger partial charge in [-0.25, -0.2) is 0 Å². The Balaban J connectivity index is 1.61. The molecular weight excluding hydrogens is 426 g/mol. The quantitative estimate of drug-likeness (QED) is 0.440. The van der Waals surface area contributed by atoms with Gasteiger partial charge in [-0.2, -0.15) is 0 Å². The number of Topliss-reactive ketones (excluding diaryl/α,β-unsaturated/α-hetero) is 1. The Hall–Kier alpha value is -2.33.